The Kier molecular flexibility index (Phi) is 7.93. The number of anilines is 1. The Bertz CT molecular complexity index is 1160. The Balaban J connectivity index is 1.49. The minimum absolute atomic E-state index is 0.122. The molecule has 2 N–H and O–H groups in total. The number of aromatic nitrogens is 1. The number of hydrogen-bond donors (Lipinski definition) is 2. The van der Waals surface area contributed by atoms with Gasteiger partial charge in [-0.15, -0.1) is 0 Å². The lowest BCUT2D eigenvalue weighted by Crippen LogP contribution is -2.60. The van der Waals surface area contributed by atoms with E-state index in [1.807, 2.05) is 0 Å². The molecular formula is C25H24BrCl2N3O4. The molecule has 2 fully saturated rings. The van der Waals surface area contributed by atoms with Gasteiger partial charge in [0.05, 0.1) is 21.0 Å². The van der Waals surface area contributed by atoms with Crippen LogP contribution in [0.1, 0.15) is 54.4 Å². The van der Waals surface area contributed by atoms with Crippen molar-refractivity contribution in [2.75, 3.05) is 5.32 Å². The van der Waals surface area contributed by atoms with E-state index in [1.54, 1.807) is 24.3 Å². The molecule has 10 heteroatoms. The van der Waals surface area contributed by atoms with Gasteiger partial charge < -0.3 is 10.4 Å². The second-order valence-electron chi connectivity index (χ2n) is 8.92. The maximum Gasteiger partial charge on any atom is 0.328 e. The number of ketones is 1. The number of Topliss-reactive ketones (excluding diaryl/α,β-unsaturated/α-hetero) is 1. The van der Waals surface area contributed by atoms with E-state index in [-0.39, 0.29) is 27.8 Å². The summed E-state index contributed by atoms with van der Waals surface area (Å²) in [5, 5.41) is 12.9. The van der Waals surface area contributed by atoms with Crippen LogP contribution in [0.25, 0.3) is 0 Å². The maximum atomic E-state index is 12.8. The van der Waals surface area contributed by atoms with Gasteiger partial charge >= 0.3 is 5.97 Å². The van der Waals surface area contributed by atoms with Gasteiger partial charge in [0.25, 0.3) is 5.91 Å². The SMILES string of the molecule is O=C(Nc1ccc(C[C@H](N=C2C(Br)C(=O)C23CCCCCC3)C(=O)O)cc1)c1c(Cl)cncc1Cl. The predicted molar refractivity (Wildman–Crippen MR) is 139 cm³/mol. The summed E-state index contributed by atoms with van der Waals surface area (Å²) in [6.07, 6.45) is 8.38. The number of hydrogen-bond acceptors (Lipinski definition) is 5. The number of aliphatic carboxylic acids is 1. The zero-order valence-corrected chi connectivity index (χ0v) is 21.9. The van der Waals surface area contributed by atoms with E-state index in [4.69, 9.17) is 23.2 Å². The lowest BCUT2D eigenvalue weighted by molar-refractivity contribution is -0.138. The number of alkyl halides is 1. The zero-order valence-electron chi connectivity index (χ0n) is 18.8. The van der Waals surface area contributed by atoms with Gasteiger partial charge in [-0.25, -0.2) is 4.79 Å². The third-order valence-corrected chi connectivity index (χ3v) is 8.11. The number of halogens is 3. The summed E-state index contributed by atoms with van der Waals surface area (Å²) >= 11 is 15.5. The molecule has 2 aliphatic carbocycles. The predicted octanol–water partition coefficient (Wildman–Crippen LogP) is 5.76. The standard InChI is InChI=1S/C25H24BrCl2N3O4/c26-20-21(25(22(20)32)9-3-1-2-4-10-25)31-18(24(34)35)11-14-5-7-15(8-6-14)30-23(33)19-16(27)12-29-13-17(19)28/h5-8,12-13,18,20H,1-4,9-11H2,(H,30,33)(H,34,35)/t18-,20?/m0/s1. The first kappa shape index (κ1) is 25.8. The number of nitrogens with zero attached hydrogens (tertiary/aromatic N) is 2. The van der Waals surface area contributed by atoms with Crippen molar-refractivity contribution in [3.63, 3.8) is 0 Å². The lowest BCUT2D eigenvalue weighted by atomic mass is 9.61. The Labute approximate surface area is 221 Å². The third-order valence-electron chi connectivity index (χ3n) is 6.69. The molecule has 1 aromatic carbocycles. The molecule has 1 heterocycles. The summed E-state index contributed by atoms with van der Waals surface area (Å²) in [5.41, 5.74) is 1.43. The molecule has 0 radical (unpaired) electrons. The minimum atomic E-state index is -1.04. The molecule has 0 saturated heterocycles. The van der Waals surface area contributed by atoms with E-state index in [9.17, 15) is 19.5 Å². The molecule has 1 amide bonds. The van der Waals surface area contributed by atoms with Crippen LogP contribution in [-0.2, 0) is 16.0 Å². The van der Waals surface area contributed by atoms with Crippen LogP contribution >= 0.6 is 39.1 Å². The normalized spacial score (nSPS) is 21.3. The van der Waals surface area contributed by atoms with Crippen LogP contribution in [0.5, 0.6) is 0 Å². The molecule has 35 heavy (non-hydrogen) atoms. The van der Waals surface area contributed by atoms with Crippen LogP contribution in [0, 0.1) is 5.41 Å². The molecular weight excluding hydrogens is 557 g/mol. The second kappa shape index (κ2) is 10.8. The molecule has 184 valence electrons. The van der Waals surface area contributed by atoms with Crippen molar-refractivity contribution < 1.29 is 19.5 Å². The largest absolute Gasteiger partial charge is 0.480 e. The molecule has 7 nitrogen and oxygen atoms in total. The van der Waals surface area contributed by atoms with Gasteiger partial charge in [-0.3, -0.25) is 19.6 Å². The van der Waals surface area contributed by atoms with E-state index >= 15 is 0 Å². The van der Waals surface area contributed by atoms with E-state index in [0.29, 0.717) is 11.4 Å². The van der Waals surface area contributed by atoms with Gasteiger partial charge in [-0.05, 0) is 30.5 Å². The van der Waals surface area contributed by atoms with Crippen LogP contribution in [-0.4, -0.2) is 44.3 Å². The number of nitrogens with one attached hydrogen (secondary N) is 1. The fraction of sp³-hybridized carbons (Fsp3) is 0.400. The van der Waals surface area contributed by atoms with Gasteiger partial charge in [-0.1, -0.05) is 76.9 Å². The molecule has 4 rings (SSSR count). The van der Waals surface area contributed by atoms with Crippen molar-refractivity contribution in [3.05, 3.63) is 57.8 Å². The highest BCUT2D eigenvalue weighted by Crippen LogP contribution is 2.48. The van der Waals surface area contributed by atoms with Crippen molar-refractivity contribution in [1.29, 1.82) is 0 Å². The molecule has 1 spiro atoms. The number of aliphatic imine (C=N–C) groups is 1. The summed E-state index contributed by atoms with van der Waals surface area (Å²) in [5.74, 6) is -1.40. The molecule has 0 bridgehead atoms. The summed E-state index contributed by atoms with van der Waals surface area (Å²) in [6, 6.07) is 5.82. The monoisotopic (exact) mass is 579 g/mol. The minimum Gasteiger partial charge on any atom is -0.480 e. The first-order valence-electron chi connectivity index (χ1n) is 11.4. The van der Waals surface area contributed by atoms with Crippen molar-refractivity contribution in [2.24, 2.45) is 10.4 Å². The average molecular weight is 581 g/mol. The first-order chi connectivity index (χ1) is 16.7. The molecule has 2 atom stereocenters. The van der Waals surface area contributed by atoms with E-state index in [2.05, 4.69) is 31.2 Å². The van der Waals surface area contributed by atoms with Gasteiger partial charge in [0.2, 0.25) is 0 Å². The smallest absolute Gasteiger partial charge is 0.328 e. The number of carboxylic acid groups (broad SMARTS) is 1. The highest BCUT2D eigenvalue weighted by atomic mass is 79.9. The highest BCUT2D eigenvalue weighted by Gasteiger charge is 2.58. The quantitative estimate of drug-likeness (QED) is 0.422. The van der Waals surface area contributed by atoms with Crippen LogP contribution in [0.3, 0.4) is 0 Å². The fourth-order valence-corrected chi connectivity index (χ4v) is 6.34. The van der Waals surface area contributed by atoms with Crippen molar-refractivity contribution in [3.8, 4) is 0 Å². The van der Waals surface area contributed by atoms with Crippen molar-refractivity contribution in [2.45, 2.75) is 55.8 Å². The van der Waals surface area contributed by atoms with E-state index < -0.39 is 28.2 Å². The third kappa shape index (κ3) is 5.29. The molecule has 2 saturated carbocycles. The maximum absolute atomic E-state index is 12.8. The van der Waals surface area contributed by atoms with Crippen LogP contribution in [0.4, 0.5) is 5.69 Å². The van der Waals surface area contributed by atoms with Gasteiger partial charge in [0.1, 0.15) is 4.83 Å². The summed E-state index contributed by atoms with van der Waals surface area (Å²) in [7, 11) is 0. The average Bonchev–Trinajstić information content (AvgIpc) is 3.10. The topological polar surface area (TPSA) is 109 Å². The number of amides is 1. The van der Waals surface area contributed by atoms with Crippen LogP contribution in [0.15, 0.2) is 41.7 Å². The zero-order chi connectivity index (χ0) is 25.2. The summed E-state index contributed by atoms with van der Waals surface area (Å²) < 4.78 is 0. The Hall–Kier alpha value is -2.29. The highest BCUT2D eigenvalue weighted by molar-refractivity contribution is 9.10. The van der Waals surface area contributed by atoms with Crippen LogP contribution in [0.2, 0.25) is 10.0 Å². The molecule has 2 aromatic rings. The summed E-state index contributed by atoms with van der Waals surface area (Å²) in [4.78, 5) is 45.3. The second-order valence-corrected chi connectivity index (χ2v) is 10.7. The molecule has 2 aliphatic rings. The Morgan fingerprint density at radius 1 is 1.11 bits per heavy atom. The van der Waals surface area contributed by atoms with Gasteiger partial charge in [0.15, 0.2) is 11.8 Å². The number of benzene rings is 1. The Morgan fingerprint density at radius 3 is 2.29 bits per heavy atom. The molecule has 1 unspecified atom stereocenters. The number of carbonyl (C=O) groups excluding carboxylic acids is 2. The number of pyridine rings is 1. The number of carbonyl (C=O) groups is 3. The number of rotatable bonds is 6. The van der Waals surface area contributed by atoms with Crippen molar-refractivity contribution >= 4 is 68.2 Å². The van der Waals surface area contributed by atoms with Gasteiger partial charge in [0, 0.05) is 30.2 Å². The molecule has 0 aliphatic heterocycles. The number of carboxylic acids is 1. The fourth-order valence-electron chi connectivity index (χ4n) is 4.81. The Morgan fingerprint density at radius 2 is 1.71 bits per heavy atom. The van der Waals surface area contributed by atoms with E-state index in [1.165, 1.54) is 12.4 Å². The summed E-state index contributed by atoms with van der Waals surface area (Å²) in [6.45, 7) is 0. The van der Waals surface area contributed by atoms with Crippen molar-refractivity contribution in [1.82, 2.24) is 4.98 Å². The lowest BCUT2D eigenvalue weighted by Gasteiger charge is -2.45. The molecule has 1 aromatic heterocycles. The van der Waals surface area contributed by atoms with Gasteiger partial charge in [-0.2, -0.15) is 0 Å². The van der Waals surface area contributed by atoms with Crippen LogP contribution < -0.4 is 5.32 Å². The van der Waals surface area contributed by atoms with E-state index in [0.717, 1.165) is 44.1 Å². The first-order valence-corrected chi connectivity index (χ1v) is 13.1.